The van der Waals surface area contributed by atoms with Crippen molar-refractivity contribution in [2.24, 2.45) is 5.92 Å². The summed E-state index contributed by atoms with van der Waals surface area (Å²) in [6.45, 7) is 4.75. The maximum Gasteiger partial charge on any atom is 0.419 e. The number of nitrogens with zero attached hydrogens (tertiary/aromatic N) is 7. The molecule has 2 saturated heterocycles. The summed E-state index contributed by atoms with van der Waals surface area (Å²) in [6.07, 6.45) is 2.46. The summed E-state index contributed by atoms with van der Waals surface area (Å²) in [5.74, 6) is 0.127. The summed E-state index contributed by atoms with van der Waals surface area (Å²) in [5, 5.41) is 8.77. The van der Waals surface area contributed by atoms with Crippen molar-refractivity contribution >= 4 is 27.9 Å². The van der Waals surface area contributed by atoms with Crippen LogP contribution in [-0.4, -0.2) is 67.7 Å². The summed E-state index contributed by atoms with van der Waals surface area (Å²) in [6, 6.07) is 4.52. The van der Waals surface area contributed by atoms with Crippen molar-refractivity contribution in [3.63, 3.8) is 0 Å². The number of alkyl halides is 3. The number of nitrogen functional groups attached to an aromatic ring is 1. The van der Waals surface area contributed by atoms with Crippen molar-refractivity contribution in [1.29, 1.82) is 0 Å². The van der Waals surface area contributed by atoms with Crippen LogP contribution in [0.2, 0.25) is 0 Å². The minimum atomic E-state index is -4.61. The second-order valence-corrected chi connectivity index (χ2v) is 9.83. The van der Waals surface area contributed by atoms with Crippen LogP contribution in [0.15, 0.2) is 30.6 Å². The van der Waals surface area contributed by atoms with Crippen LogP contribution in [0.3, 0.4) is 0 Å². The van der Waals surface area contributed by atoms with Crippen LogP contribution in [0, 0.1) is 5.92 Å². The SMILES string of the molecule is Nc1ncc(-c2ccc3ncc4nnn(C5CCN(CC6CCOCC6)CC5)c4c3n2)cc1C(F)(F)F. The lowest BCUT2D eigenvalue weighted by atomic mass is 9.97. The van der Waals surface area contributed by atoms with Crippen molar-refractivity contribution < 1.29 is 17.9 Å². The van der Waals surface area contributed by atoms with Gasteiger partial charge in [-0.2, -0.15) is 13.2 Å². The van der Waals surface area contributed by atoms with E-state index in [9.17, 15) is 13.2 Å². The number of hydrogen-bond donors (Lipinski definition) is 1. The number of ether oxygens (including phenoxy) is 1. The average Bonchev–Trinajstić information content (AvgIpc) is 3.34. The molecule has 0 aromatic carbocycles. The number of rotatable bonds is 4. The van der Waals surface area contributed by atoms with E-state index in [-0.39, 0.29) is 11.6 Å². The molecule has 194 valence electrons. The van der Waals surface area contributed by atoms with Crippen molar-refractivity contribution in [2.45, 2.75) is 37.9 Å². The molecule has 4 aromatic heterocycles. The van der Waals surface area contributed by atoms with E-state index in [2.05, 4.69) is 25.2 Å². The second-order valence-electron chi connectivity index (χ2n) is 9.83. The topological polar surface area (TPSA) is 108 Å². The van der Waals surface area contributed by atoms with E-state index in [1.54, 1.807) is 18.3 Å². The molecule has 12 heteroatoms. The van der Waals surface area contributed by atoms with Gasteiger partial charge >= 0.3 is 6.18 Å². The predicted molar refractivity (Wildman–Crippen MR) is 132 cm³/mol. The van der Waals surface area contributed by atoms with Crippen LogP contribution in [0.5, 0.6) is 0 Å². The second kappa shape index (κ2) is 9.49. The largest absolute Gasteiger partial charge is 0.419 e. The molecular formula is C25H27F3N8O. The van der Waals surface area contributed by atoms with Crippen LogP contribution in [0.4, 0.5) is 19.0 Å². The van der Waals surface area contributed by atoms with Crippen LogP contribution in [0.1, 0.15) is 37.3 Å². The molecule has 6 rings (SSSR count). The smallest absolute Gasteiger partial charge is 0.383 e. The Labute approximate surface area is 210 Å². The highest BCUT2D eigenvalue weighted by Crippen LogP contribution is 2.36. The number of halogens is 3. The zero-order valence-electron chi connectivity index (χ0n) is 20.2. The van der Waals surface area contributed by atoms with E-state index in [0.29, 0.717) is 28.2 Å². The highest BCUT2D eigenvalue weighted by molar-refractivity contribution is 5.99. The first-order valence-electron chi connectivity index (χ1n) is 12.5. The predicted octanol–water partition coefficient (Wildman–Crippen LogP) is 4.10. The van der Waals surface area contributed by atoms with Gasteiger partial charge in [-0.25, -0.2) is 14.6 Å². The lowest BCUT2D eigenvalue weighted by Crippen LogP contribution is -2.39. The summed E-state index contributed by atoms with van der Waals surface area (Å²) in [4.78, 5) is 15.4. The third-order valence-corrected chi connectivity index (χ3v) is 7.42. The first-order chi connectivity index (χ1) is 17.9. The highest BCUT2D eigenvalue weighted by atomic mass is 19.4. The zero-order valence-corrected chi connectivity index (χ0v) is 20.2. The number of aromatic nitrogens is 6. The minimum Gasteiger partial charge on any atom is -0.383 e. The van der Waals surface area contributed by atoms with Gasteiger partial charge in [-0.15, -0.1) is 5.10 Å². The quantitative estimate of drug-likeness (QED) is 0.436. The van der Waals surface area contributed by atoms with Gasteiger partial charge in [0.15, 0.2) is 0 Å². The first kappa shape index (κ1) is 24.0. The monoisotopic (exact) mass is 512 g/mol. The average molecular weight is 513 g/mol. The third kappa shape index (κ3) is 4.71. The lowest BCUT2D eigenvalue weighted by molar-refractivity contribution is -0.137. The number of fused-ring (bicyclic) bond motifs is 3. The maximum atomic E-state index is 13.4. The normalized spacial score (nSPS) is 18.7. The Kier molecular flexibility index (Phi) is 6.15. The number of piperidine rings is 1. The van der Waals surface area contributed by atoms with Crippen molar-refractivity contribution in [3.05, 3.63) is 36.2 Å². The molecule has 0 atom stereocenters. The molecular weight excluding hydrogens is 485 g/mol. The molecule has 0 aliphatic carbocycles. The summed E-state index contributed by atoms with van der Waals surface area (Å²) < 4.78 is 47.6. The Morgan fingerprint density at radius 2 is 1.78 bits per heavy atom. The lowest BCUT2D eigenvalue weighted by Gasteiger charge is -2.35. The Hall–Kier alpha value is -3.38. The number of hydrogen-bond acceptors (Lipinski definition) is 8. The Bertz CT molecular complexity index is 1420. The molecule has 37 heavy (non-hydrogen) atoms. The van der Waals surface area contributed by atoms with Gasteiger partial charge in [-0.3, -0.25) is 4.98 Å². The molecule has 2 N–H and O–H groups in total. The molecule has 2 aliphatic heterocycles. The van der Waals surface area contributed by atoms with E-state index in [1.165, 1.54) is 6.20 Å². The molecule has 0 radical (unpaired) electrons. The molecule has 0 bridgehead atoms. The van der Waals surface area contributed by atoms with Gasteiger partial charge in [-0.1, -0.05) is 5.21 Å². The third-order valence-electron chi connectivity index (χ3n) is 7.42. The number of pyridine rings is 3. The van der Waals surface area contributed by atoms with Gasteiger partial charge in [0.05, 0.1) is 29.0 Å². The number of likely N-dealkylation sites (tertiary alicyclic amines) is 1. The van der Waals surface area contributed by atoms with E-state index in [4.69, 9.17) is 15.5 Å². The van der Waals surface area contributed by atoms with Gasteiger partial charge < -0.3 is 15.4 Å². The summed E-state index contributed by atoms with van der Waals surface area (Å²) >= 11 is 0. The maximum absolute atomic E-state index is 13.4. The molecule has 0 amide bonds. The molecule has 0 spiro atoms. The van der Waals surface area contributed by atoms with Gasteiger partial charge in [0.1, 0.15) is 22.4 Å². The van der Waals surface area contributed by atoms with Crippen LogP contribution in [0.25, 0.3) is 33.3 Å². The molecule has 4 aromatic rings. The first-order valence-corrected chi connectivity index (χ1v) is 12.5. The minimum absolute atomic E-state index is 0.155. The highest BCUT2D eigenvalue weighted by Gasteiger charge is 2.34. The van der Waals surface area contributed by atoms with Crippen LogP contribution >= 0.6 is 0 Å². The number of nitrogens with two attached hydrogens (primary N) is 1. The molecule has 2 fully saturated rings. The number of anilines is 1. The van der Waals surface area contributed by atoms with Crippen molar-refractivity contribution in [1.82, 2.24) is 34.8 Å². The van der Waals surface area contributed by atoms with Crippen molar-refractivity contribution in [3.8, 4) is 11.3 Å². The van der Waals surface area contributed by atoms with E-state index < -0.39 is 17.6 Å². The summed E-state index contributed by atoms with van der Waals surface area (Å²) in [5.41, 5.74) is 7.59. The van der Waals surface area contributed by atoms with Gasteiger partial charge in [0, 0.05) is 44.6 Å². The molecule has 0 unspecified atom stereocenters. The fourth-order valence-electron chi connectivity index (χ4n) is 5.38. The van der Waals surface area contributed by atoms with Gasteiger partial charge in [0.2, 0.25) is 0 Å². The van der Waals surface area contributed by atoms with Gasteiger partial charge in [0.25, 0.3) is 0 Å². The Morgan fingerprint density at radius 3 is 2.54 bits per heavy atom. The van der Waals surface area contributed by atoms with Crippen LogP contribution in [-0.2, 0) is 10.9 Å². The molecule has 0 saturated carbocycles. The molecule has 2 aliphatic rings. The molecule has 6 heterocycles. The standard InChI is InChI=1S/C25H27F3N8O/c26-25(27,28)18-11-16(12-31-24(18)29)19-1-2-20-22(32-19)23-21(13-30-20)33-34-36(23)17-3-7-35(8-4-17)14-15-5-9-37-10-6-15/h1-2,11-13,15,17H,3-10,14H2,(H2,29,31). The van der Waals surface area contributed by atoms with E-state index in [0.717, 1.165) is 70.1 Å². The van der Waals surface area contributed by atoms with Crippen molar-refractivity contribution in [2.75, 3.05) is 38.6 Å². The summed E-state index contributed by atoms with van der Waals surface area (Å²) in [7, 11) is 0. The fourth-order valence-corrected chi connectivity index (χ4v) is 5.38. The fraction of sp³-hybridized carbons (Fsp3) is 0.480. The van der Waals surface area contributed by atoms with Gasteiger partial charge in [-0.05, 0) is 49.8 Å². The Balaban J connectivity index is 1.31. The van der Waals surface area contributed by atoms with Crippen LogP contribution < -0.4 is 5.73 Å². The van der Waals surface area contributed by atoms with E-state index in [1.807, 2.05) is 4.68 Å². The Morgan fingerprint density at radius 1 is 1.00 bits per heavy atom. The van der Waals surface area contributed by atoms with E-state index >= 15 is 0 Å². The zero-order chi connectivity index (χ0) is 25.6. The molecule has 9 nitrogen and oxygen atoms in total.